The van der Waals surface area contributed by atoms with Crippen LogP contribution in [0.15, 0.2) is 376 Å². The van der Waals surface area contributed by atoms with Crippen LogP contribution < -0.4 is 8.37 Å². The predicted molar refractivity (Wildman–Crippen MR) is 446 cm³/mol. The third-order valence-corrected chi connectivity index (χ3v) is 25.9. The zero-order valence-electron chi connectivity index (χ0n) is 62.1. The molecule has 0 saturated carbocycles. The lowest BCUT2D eigenvalue weighted by atomic mass is 9.64. The first kappa shape index (κ1) is 72.2. The molecule has 4 aliphatic heterocycles. The SMILES string of the molecule is O=S(=O)(Oc1cc2c3c(c1-c1ccc(cc1)-c1ccc(cc1)-c1ccc(cc1)-c1ccc(cc1)-c1cc(OS(=O)(=O)C(F)(F)F)c(c4c1C1(c5ccccc5)OC4(c4ccccc4)c4ccccc41)-c1ccc(cc1)-c1ccc(cc1)-c1ccc(cc1)-c1ccc-2cc1)C1(c2ccccc2)OC3(c2ccccc2)c2ccccc21)C(F)(F)F. The quantitative estimate of drug-likeness (QED) is 0.0842. The Morgan fingerprint density at radius 2 is 0.398 bits per heavy atom. The highest BCUT2D eigenvalue weighted by atomic mass is 32.2. The van der Waals surface area contributed by atoms with E-state index in [4.69, 9.17) is 17.8 Å². The Balaban J connectivity index is 0.751. The van der Waals surface area contributed by atoms with Crippen molar-refractivity contribution in [1.82, 2.24) is 0 Å². The van der Waals surface area contributed by atoms with E-state index in [1.54, 1.807) is 24.3 Å². The van der Waals surface area contributed by atoms with Gasteiger partial charge in [0.2, 0.25) is 0 Å². The van der Waals surface area contributed by atoms with Crippen LogP contribution in [0.1, 0.15) is 66.8 Å². The fourth-order valence-electron chi connectivity index (χ4n) is 18.7. The van der Waals surface area contributed by atoms with Gasteiger partial charge in [0.25, 0.3) is 0 Å². The molecule has 46 rings (SSSR count). The number of hydrogen-bond acceptors (Lipinski definition) is 8. The largest absolute Gasteiger partial charge is 0.534 e. The molecular weight excluding hydrogens is 1530 g/mol. The Hall–Kier alpha value is -13.5. The molecule has 4 unspecified atom stereocenters. The van der Waals surface area contributed by atoms with Crippen molar-refractivity contribution in [3.8, 4) is 123 Å². The van der Waals surface area contributed by atoms with Gasteiger partial charge in [-0.15, -0.1) is 0 Å². The van der Waals surface area contributed by atoms with Gasteiger partial charge in [-0.05, 0) is 157 Å². The molecule has 8 nitrogen and oxygen atoms in total. The third kappa shape index (κ3) is 10.8. The first-order chi connectivity index (χ1) is 57.2. The molecule has 16 aromatic carbocycles. The van der Waals surface area contributed by atoms with E-state index in [0.717, 1.165) is 89.0 Å². The summed E-state index contributed by atoms with van der Waals surface area (Å²) in [6.45, 7) is 0. The summed E-state index contributed by atoms with van der Waals surface area (Å²) >= 11 is 0. The minimum absolute atomic E-state index is 0.0880. The van der Waals surface area contributed by atoms with Crippen molar-refractivity contribution in [1.29, 1.82) is 0 Å². The van der Waals surface area contributed by atoms with E-state index in [0.29, 0.717) is 77.9 Å². The Morgan fingerprint density at radius 3 is 0.602 bits per heavy atom. The number of hydrogen-bond donors (Lipinski definition) is 0. The normalized spacial score (nSPS) is 18.3. The number of fused-ring (bicyclic) bond motifs is 13. The lowest BCUT2D eigenvalue weighted by molar-refractivity contribution is -0.0504. The maximum absolute atomic E-state index is 15.1. The van der Waals surface area contributed by atoms with Gasteiger partial charge in [0.15, 0.2) is 11.5 Å². The Labute approximate surface area is 676 Å². The molecule has 0 radical (unpaired) electrons. The van der Waals surface area contributed by atoms with E-state index in [9.17, 15) is 16.8 Å². The molecule has 4 heterocycles. The summed E-state index contributed by atoms with van der Waals surface area (Å²) < 4.78 is 173. The summed E-state index contributed by atoms with van der Waals surface area (Å²) in [5.41, 5.74) is 2.71. The van der Waals surface area contributed by atoms with Crippen molar-refractivity contribution >= 4 is 20.2 Å². The molecule has 30 aliphatic rings. The van der Waals surface area contributed by atoms with Gasteiger partial charge < -0.3 is 17.8 Å². The van der Waals surface area contributed by atoms with Gasteiger partial charge >= 0.3 is 31.3 Å². The summed E-state index contributed by atoms with van der Waals surface area (Å²) in [7, 11) is -12.7. The number of rotatable bonds is 8. The molecule has 26 aliphatic carbocycles. The third-order valence-electron chi connectivity index (χ3n) is 23.9. The number of ether oxygens (including phenoxy) is 2. The second-order valence-corrected chi connectivity index (χ2v) is 33.2. The average molecular weight is 1590 g/mol. The summed E-state index contributed by atoms with van der Waals surface area (Å²) in [5, 5.41) is 0. The average Bonchev–Trinajstić information content (AvgIpc) is 1.48. The van der Waals surface area contributed by atoms with Crippen molar-refractivity contribution in [2.45, 2.75) is 33.4 Å². The van der Waals surface area contributed by atoms with E-state index in [1.165, 1.54) is 12.1 Å². The molecule has 0 saturated heterocycles. The van der Waals surface area contributed by atoms with Crippen LogP contribution in [-0.4, -0.2) is 27.9 Å². The minimum atomic E-state index is -6.33. The molecule has 16 aromatic rings. The lowest BCUT2D eigenvalue weighted by Crippen LogP contribution is -2.31. The monoisotopic (exact) mass is 1590 g/mol. The van der Waals surface area contributed by atoms with E-state index in [-0.39, 0.29) is 11.1 Å². The summed E-state index contributed by atoms with van der Waals surface area (Å²) in [4.78, 5) is 0. The van der Waals surface area contributed by atoms with Gasteiger partial charge in [0, 0.05) is 33.4 Å². The lowest BCUT2D eigenvalue weighted by Gasteiger charge is -2.34. The Bertz CT molecular complexity index is 6540. The predicted octanol–water partition coefficient (Wildman–Crippen LogP) is 25.0. The molecule has 0 N–H and O–H groups in total. The highest BCUT2D eigenvalue weighted by molar-refractivity contribution is 7.88. The zero-order chi connectivity index (χ0) is 80.3. The molecule has 0 spiro atoms. The van der Waals surface area contributed by atoms with Crippen molar-refractivity contribution in [2.24, 2.45) is 0 Å². The van der Waals surface area contributed by atoms with Crippen LogP contribution >= 0.6 is 0 Å². The first-order valence-electron chi connectivity index (χ1n) is 38.3. The molecule has 0 fully saturated rings. The highest BCUT2D eigenvalue weighted by Crippen LogP contribution is 2.73. The van der Waals surface area contributed by atoms with Crippen LogP contribution in [0, 0.1) is 0 Å². The molecule has 0 amide bonds. The molecule has 24 bridgehead atoms. The molecular formula is C102H62F6O8S2. The zero-order valence-corrected chi connectivity index (χ0v) is 63.8. The molecule has 4 atom stereocenters. The second kappa shape index (κ2) is 26.5. The first-order valence-corrected chi connectivity index (χ1v) is 41.1. The van der Waals surface area contributed by atoms with E-state index < -0.39 is 65.2 Å². The van der Waals surface area contributed by atoms with Crippen molar-refractivity contribution in [3.63, 3.8) is 0 Å². The highest BCUT2D eigenvalue weighted by Gasteiger charge is 2.68. The van der Waals surface area contributed by atoms with Crippen LogP contribution in [0.5, 0.6) is 11.5 Å². The maximum atomic E-state index is 15.1. The van der Waals surface area contributed by atoms with E-state index in [1.807, 2.05) is 340 Å². The van der Waals surface area contributed by atoms with Gasteiger partial charge in [-0.1, -0.05) is 364 Å². The van der Waals surface area contributed by atoms with Crippen molar-refractivity contribution in [2.75, 3.05) is 0 Å². The Morgan fingerprint density at radius 1 is 0.220 bits per heavy atom. The fourth-order valence-corrected chi connectivity index (χ4v) is 19.7. The number of benzene rings is 16. The van der Waals surface area contributed by atoms with Gasteiger partial charge in [-0.2, -0.15) is 43.2 Å². The van der Waals surface area contributed by atoms with Crippen molar-refractivity contribution < 1.29 is 61.0 Å². The van der Waals surface area contributed by atoms with Gasteiger partial charge in [-0.25, -0.2) is 0 Å². The Kier molecular flexibility index (Phi) is 16.2. The fraction of sp³-hybridized carbons (Fsp3) is 0.0588. The summed E-state index contributed by atoms with van der Waals surface area (Å²) in [5.74, 6) is -1.10. The van der Waals surface area contributed by atoms with Crippen LogP contribution in [0.2, 0.25) is 0 Å². The van der Waals surface area contributed by atoms with Gasteiger partial charge in [0.05, 0.1) is 0 Å². The van der Waals surface area contributed by atoms with Crippen molar-refractivity contribution in [3.05, 3.63) is 443 Å². The van der Waals surface area contributed by atoms with Crippen LogP contribution in [0.3, 0.4) is 0 Å². The number of halogens is 6. The van der Waals surface area contributed by atoms with Crippen LogP contribution in [0.4, 0.5) is 26.3 Å². The second-order valence-electron chi connectivity index (χ2n) is 30.2. The van der Waals surface area contributed by atoms with Gasteiger partial charge in [-0.3, -0.25) is 0 Å². The smallest absolute Gasteiger partial charge is 0.375 e. The van der Waals surface area contributed by atoms with E-state index in [2.05, 4.69) is 0 Å². The minimum Gasteiger partial charge on any atom is -0.375 e. The van der Waals surface area contributed by atoms with E-state index >= 15 is 26.3 Å². The topological polar surface area (TPSA) is 105 Å². The molecule has 118 heavy (non-hydrogen) atoms. The summed E-state index contributed by atoms with van der Waals surface area (Å²) in [6, 6.07) is 118. The number of alkyl halides is 6. The van der Waals surface area contributed by atoms with Crippen LogP contribution in [-0.2, 0) is 52.1 Å². The summed E-state index contributed by atoms with van der Waals surface area (Å²) in [6.07, 6.45) is 0. The maximum Gasteiger partial charge on any atom is 0.534 e. The molecule has 572 valence electrons. The molecule has 16 heteroatoms. The molecule has 0 aromatic heterocycles. The standard InChI is InChI=1S/C102H62F6O8S2/c103-101(104,105)117(109,110)113-89-61-83-75-53-45-71(46-54-75)67-37-29-63(30-38-67)66-35-43-70(44-36-66)74-51-59-78(60-52-74)92-90(114-118(111,112)102(106,107)108)62-84(94-96(92)100(82-23-11-4-12-24-82)88-28-16-14-26-86(88)98(94,116-100)80-19-7-2-8-20-80)76-55-47-72(48-56-76)68-39-31-64(32-40-68)65-33-41-69(42-34-65)73-49-57-77(58-50-73)91(89)95-93(83)97(79-17-5-1-6-18-79)85-25-13-15-27-87(85)99(95,115-97)81-21-9-3-10-22-81/h1-62H. The van der Waals surface area contributed by atoms with Gasteiger partial charge in [0.1, 0.15) is 22.4 Å². The van der Waals surface area contributed by atoms with Crippen LogP contribution in [0.25, 0.3) is 111 Å².